The molecule has 0 aromatic carbocycles. The van der Waals surface area contributed by atoms with Crippen molar-refractivity contribution >= 4 is 5.91 Å². The molecule has 2 fully saturated rings. The summed E-state index contributed by atoms with van der Waals surface area (Å²) in [6, 6.07) is 3.42. The van der Waals surface area contributed by atoms with Crippen molar-refractivity contribution in [3.8, 4) is 0 Å². The average molecular weight is 367 g/mol. The Morgan fingerprint density at radius 2 is 1.85 bits per heavy atom. The van der Waals surface area contributed by atoms with Gasteiger partial charge in [-0.3, -0.25) is 23.9 Å². The van der Waals surface area contributed by atoms with E-state index in [9.17, 15) is 14.4 Å². The molecule has 2 unspecified atom stereocenters. The number of pyridine rings is 1. The van der Waals surface area contributed by atoms with Crippen LogP contribution in [0.15, 0.2) is 34.1 Å². The van der Waals surface area contributed by atoms with Crippen molar-refractivity contribution in [2.45, 2.75) is 38.3 Å². The third-order valence-corrected chi connectivity index (χ3v) is 6.22. The second-order valence-corrected chi connectivity index (χ2v) is 7.87. The van der Waals surface area contributed by atoms with Crippen LogP contribution >= 0.6 is 0 Å². The summed E-state index contributed by atoms with van der Waals surface area (Å²) in [7, 11) is 0. The monoisotopic (exact) mass is 367 g/mol. The lowest BCUT2D eigenvalue weighted by Crippen LogP contribution is -2.45. The van der Waals surface area contributed by atoms with E-state index in [0.29, 0.717) is 43.5 Å². The minimum Gasteiger partial charge on any atom is -0.338 e. The molecule has 5 rings (SSSR count). The molecule has 27 heavy (non-hydrogen) atoms. The van der Waals surface area contributed by atoms with Crippen LogP contribution < -0.4 is 11.1 Å². The van der Waals surface area contributed by atoms with Gasteiger partial charge in [-0.1, -0.05) is 6.42 Å². The predicted molar refractivity (Wildman–Crippen MR) is 96.5 cm³/mol. The standard InChI is InChI=1S/C19H21N5O3/c25-17(13-4-6-20-7-5-13)22-9-14-10-23-16(15(14)11-22)21-24(19(27)18(23)26)8-12-2-1-3-12/h4-7,12,14-15H,1-3,8-11H2. The van der Waals surface area contributed by atoms with Gasteiger partial charge in [-0.25, -0.2) is 4.68 Å². The number of hydrogen-bond donors (Lipinski definition) is 0. The number of amides is 1. The highest BCUT2D eigenvalue weighted by molar-refractivity contribution is 5.94. The van der Waals surface area contributed by atoms with E-state index < -0.39 is 11.1 Å². The minimum atomic E-state index is -0.518. The molecule has 8 nitrogen and oxygen atoms in total. The van der Waals surface area contributed by atoms with Gasteiger partial charge in [0.05, 0.1) is 0 Å². The van der Waals surface area contributed by atoms with Gasteiger partial charge in [0, 0.05) is 56.0 Å². The number of rotatable bonds is 3. The van der Waals surface area contributed by atoms with Gasteiger partial charge < -0.3 is 4.90 Å². The second-order valence-electron chi connectivity index (χ2n) is 7.87. The van der Waals surface area contributed by atoms with Crippen LogP contribution in [0.1, 0.15) is 41.4 Å². The van der Waals surface area contributed by atoms with Crippen LogP contribution in [0.2, 0.25) is 0 Å². The maximum Gasteiger partial charge on any atom is 0.332 e. The largest absolute Gasteiger partial charge is 0.338 e. The molecule has 2 aliphatic heterocycles. The van der Waals surface area contributed by atoms with Crippen LogP contribution in [0.4, 0.5) is 0 Å². The van der Waals surface area contributed by atoms with E-state index >= 15 is 0 Å². The van der Waals surface area contributed by atoms with Crippen molar-refractivity contribution in [2.75, 3.05) is 13.1 Å². The van der Waals surface area contributed by atoms with E-state index in [2.05, 4.69) is 10.1 Å². The molecule has 4 heterocycles. The van der Waals surface area contributed by atoms with E-state index in [1.807, 2.05) is 4.90 Å². The Kier molecular flexibility index (Phi) is 3.73. The first-order valence-corrected chi connectivity index (χ1v) is 9.53. The normalized spacial score (nSPS) is 23.8. The van der Waals surface area contributed by atoms with Gasteiger partial charge in [-0.05, 0) is 30.9 Å². The van der Waals surface area contributed by atoms with Crippen LogP contribution in [0, 0.1) is 11.8 Å². The fourth-order valence-corrected chi connectivity index (χ4v) is 4.47. The summed E-state index contributed by atoms with van der Waals surface area (Å²) in [4.78, 5) is 43.4. The van der Waals surface area contributed by atoms with E-state index in [0.717, 1.165) is 12.8 Å². The molecule has 1 saturated heterocycles. The summed E-state index contributed by atoms with van der Waals surface area (Å²) < 4.78 is 2.90. The molecule has 1 aliphatic carbocycles. The molecule has 140 valence electrons. The van der Waals surface area contributed by atoms with Gasteiger partial charge >= 0.3 is 11.1 Å². The Balaban J connectivity index is 1.43. The summed E-state index contributed by atoms with van der Waals surface area (Å²) in [5, 5.41) is 4.56. The Labute approximate surface area is 155 Å². The zero-order valence-electron chi connectivity index (χ0n) is 15.0. The van der Waals surface area contributed by atoms with E-state index in [1.165, 1.54) is 15.7 Å². The van der Waals surface area contributed by atoms with Crippen molar-refractivity contribution in [3.63, 3.8) is 0 Å². The van der Waals surface area contributed by atoms with Gasteiger partial charge in [0.2, 0.25) is 0 Å². The van der Waals surface area contributed by atoms with Crippen LogP contribution in [-0.4, -0.2) is 43.2 Å². The van der Waals surface area contributed by atoms with E-state index in [4.69, 9.17) is 0 Å². The quantitative estimate of drug-likeness (QED) is 0.736. The number of aromatic nitrogens is 4. The first-order valence-electron chi connectivity index (χ1n) is 9.53. The van der Waals surface area contributed by atoms with Gasteiger partial charge in [0.25, 0.3) is 5.91 Å². The average Bonchev–Trinajstić information content (AvgIpc) is 3.21. The van der Waals surface area contributed by atoms with E-state index in [-0.39, 0.29) is 17.7 Å². The molecule has 1 amide bonds. The van der Waals surface area contributed by atoms with Crippen LogP contribution in [0.25, 0.3) is 0 Å². The van der Waals surface area contributed by atoms with Gasteiger partial charge in [0.15, 0.2) is 0 Å². The van der Waals surface area contributed by atoms with Gasteiger partial charge in [-0.15, -0.1) is 0 Å². The molecular formula is C19H21N5O3. The Bertz CT molecular complexity index is 1010. The molecular weight excluding hydrogens is 346 g/mol. The lowest BCUT2D eigenvalue weighted by atomic mass is 9.85. The van der Waals surface area contributed by atoms with Gasteiger partial charge in [0.1, 0.15) is 5.82 Å². The summed E-state index contributed by atoms with van der Waals surface area (Å²) in [6.45, 7) is 2.09. The number of carbonyl (C=O) groups excluding carboxylic acids is 1. The Morgan fingerprint density at radius 1 is 1.07 bits per heavy atom. The SMILES string of the molecule is O=C(c1ccncc1)N1CC2Cn3c(nn(CC4CCC4)c(=O)c3=O)C2C1. The molecule has 2 atom stereocenters. The number of fused-ring (bicyclic) bond motifs is 3. The summed E-state index contributed by atoms with van der Waals surface area (Å²) >= 11 is 0. The highest BCUT2D eigenvalue weighted by Gasteiger charge is 2.44. The molecule has 0 radical (unpaired) electrons. The Morgan fingerprint density at radius 3 is 2.56 bits per heavy atom. The maximum atomic E-state index is 12.7. The molecule has 1 saturated carbocycles. The zero-order chi connectivity index (χ0) is 18.5. The van der Waals surface area contributed by atoms with Crippen LogP contribution in [0.5, 0.6) is 0 Å². The molecule has 0 spiro atoms. The summed E-state index contributed by atoms with van der Waals surface area (Å²) in [5.41, 5.74) is -0.374. The van der Waals surface area contributed by atoms with Gasteiger partial charge in [-0.2, -0.15) is 5.10 Å². The number of nitrogens with zero attached hydrogens (tertiary/aromatic N) is 5. The van der Waals surface area contributed by atoms with Crippen molar-refractivity contribution < 1.29 is 4.79 Å². The van der Waals surface area contributed by atoms with Crippen molar-refractivity contribution in [1.29, 1.82) is 0 Å². The number of carbonyl (C=O) groups is 1. The first-order chi connectivity index (χ1) is 13.1. The molecule has 3 aliphatic rings. The maximum absolute atomic E-state index is 12.7. The second kappa shape index (κ2) is 6.14. The molecule has 2 aromatic rings. The Hall–Kier alpha value is -2.77. The molecule has 8 heteroatoms. The highest BCUT2D eigenvalue weighted by atomic mass is 16.2. The highest BCUT2D eigenvalue weighted by Crippen LogP contribution is 2.37. The minimum absolute atomic E-state index is 0.0109. The topological polar surface area (TPSA) is 90.1 Å². The zero-order valence-corrected chi connectivity index (χ0v) is 15.0. The first kappa shape index (κ1) is 16.4. The molecule has 0 N–H and O–H groups in total. The van der Waals surface area contributed by atoms with Crippen LogP contribution in [0.3, 0.4) is 0 Å². The number of hydrogen-bond acceptors (Lipinski definition) is 5. The fourth-order valence-electron chi connectivity index (χ4n) is 4.47. The van der Waals surface area contributed by atoms with Crippen molar-refractivity contribution in [1.82, 2.24) is 24.2 Å². The lowest BCUT2D eigenvalue weighted by Gasteiger charge is -2.25. The summed E-state index contributed by atoms with van der Waals surface area (Å²) in [5.74, 6) is 1.23. The smallest absolute Gasteiger partial charge is 0.332 e. The van der Waals surface area contributed by atoms with Crippen molar-refractivity contribution in [3.05, 3.63) is 56.6 Å². The molecule has 2 aromatic heterocycles. The lowest BCUT2D eigenvalue weighted by molar-refractivity contribution is 0.0782. The molecule has 0 bridgehead atoms. The predicted octanol–water partition coefficient (Wildman–Crippen LogP) is 0.469. The third kappa shape index (κ3) is 2.62. The van der Waals surface area contributed by atoms with E-state index in [1.54, 1.807) is 24.5 Å². The van der Waals surface area contributed by atoms with Crippen LogP contribution in [-0.2, 0) is 13.1 Å². The fraction of sp³-hybridized carbons (Fsp3) is 0.526. The summed E-state index contributed by atoms with van der Waals surface area (Å²) in [6.07, 6.45) is 6.58. The van der Waals surface area contributed by atoms with Crippen molar-refractivity contribution in [2.24, 2.45) is 11.8 Å². The third-order valence-electron chi connectivity index (χ3n) is 6.22. The number of likely N-dealkylation sites (tertiary alicyclic amines) is 1.